The average Bonchev–Trinajstić information content (AvgIpc) is 2.49. The minimum absolute atomic E-state index is 0.103. The van der Waals surface area contributed by atoms with Gasteiger partial charge in [-0.2, -0.15) is 8.78 Å². The van der Waals surface area contributed by atoms with Crippen molar-refractivity contribution >= 4 is 29.1 Å². The lowest BCUT2D eigenvalue weighted by atomic mass is 10.1. The number of hydrogen-bond acceptors (Lipinski definition) is 4. The first-order valence-corrected chi connectivity index (χ1v) is 7.68. The van der Waals surface area contributed by atoms with Gasteiger partial charge in [-0.3, -0.25) is 20.4 Å². The number of amides is 2. The molecule has 0 saturated heterocycles. The average molecular weight is 374 g/mol. The van der Waals surface area contributed by atoms with Gasteiger partial charge in [0, 0.05) is 5.54 Å². The minimum Gasteiger partial charge on any atom is -0.434 e. The maximum atomic E-state index is 12.3. The summed E-state index contributed by atoms with van der Waals surface area (Å²) in [7, 11) is 0. The SMILES string of the molecule is CC(C)(C)NC(=S)NNC(=O)CNC(=O)c1ccccc1OC(F)F. The first kappa shape index (κ1) is 20.6. The molecule has 0 spiro atoms. The number of ether oxygens (including phenoxy) is 1. The third kappa shape index (κ3) is 8.25. The standard InChI is InChI=1S/C15H20F2N4O3S/c1-15(2,3)19-14(25)21-20-11(22)8-18-12(23)9-6-4-5-7-10(9)24-13(16)17/h4-7,13H,8H2,1-3H3,(H,18,23)(H,20,22)(H2,19,21,25). The lowest BCUT2D eigenvalue weighted by Crippen LogP contribution is -2.53. The van der Waals surface area contributed by atoms with E-state index in [1.54, 1.807) is 0 Å². The van der Waals surface area contributed by atoms with Gasteiger partial charge in [0.15, 0.2) is 5.11 Å². The monoisotopic (exact) mass is 374 g/mol. The van der Waals surface area contributed by atoms with Gasteiger partial charge in [-0.05, 0) is 45.1 Å². The molecule has 0 aliphatic carbocycles. The Balaban J connectivity index is 2.49. The molecule has 0 aliphatic heterocycles. The van der Waals surface area contributed by atoms with E-state index in [1.165, 1.54) is 24.3 Å². The van der Waals surface area contributed by atoms with Gasteiger partial charge in [-0.1, -0.05) is 12.1 Å². The lowest BCUT2D eigenvalue weighted by molar-refractivity contribution is -0.120. The Morgan fingerprint density at radius 1 is 1.20 bits per heavy atom. The van der Waals surface area contributed by atoms with Crippen LogP contribution in [0.5, 0.6) is 5.75 Å². The fourth-order valence-electron chi connectivity index (χ4n) is 1.65. The number of halogens is 2. The van der Waals surface area contributed by atoms with Crippen LogP contribution >= 0.6 is 12.2 Å². The summed E-state index contributed by atoms with van der Waals surface area (Å²) < 4.78 is 28.9. The van der Waals surface area contributed by atoms with Gasteiger partial charge in [-0.15, -0.1) is 0 Å². The van der Waals surface area contributed by atoms with Crippen molar-refractivity contribution in [1.82, 2.24) is 21.5 Å². The highest BCUT2D eigenvalue weighted by Crippen LogP contribution is 2.19. The van der Waals surface area contributed by atoms with Crippen LogP contribution in [-0.2, 0) is 4.79 Å². The van der Waals surface area contributed by atoms with Crippen LogP contribution in [0.25, 0.3) is 0 Å². The Labute approximate surface area is 149 Å². The van der Waals surface area contributed by atoms with E-state index in [4.69, 9.17) is 12.2 Å². The molecule has 7 nitrogen and oxygen atoms in total. The van der Waals surface area contributed by atoms with Crippen molar-refractivity contribution < 1.29 is 23.1 Å². The van der Waals surface area contributed by atoms with Crippen molar-refractivity contribution in [3.63, 3.8) is 0 Å². The normalized spacial score (nSPS) is 10.8. The van der Waals surface area contributed by atoms with E-state index in [0.29, 0.717) is 0 Å². The van der Waals surface area contributed by atoms with Gasteiger partial charge in [0.1, 0.15) is 5.75 Å². The number of benzene rings is 1. The number of hydrogen-bond donors (Lipinski definition) is 4. The van der Waals surface area contributed by atoms with Crippen molar-refractivity contribution in [3.8, 4) is 5.75 Å². The summed E-state index contributed by atoms with van der Waals surface area (Å²) in [6.07, 6.45) is 0. The molecule has 1 aromatic carbocycles. The molecule has 0 aromatic heterocycles. The number of rotatable bonds is 5. The molecule has 2 amide bonds. The predicted octanol–water partition coefficient (Wildman–Crippen LogP) is 1.31. The van der Waals surface area contributed by atoms with Gasteiger partial charge in [0.2, 0.25) is 0 Å². The quantitative estimate of drug-likeness (QED) is 0.459. The van der Waals surface area contributed by atoms with Crippen LogP contribution in [0.4, 0.5) is 8.78 Å². The highest BCUT2D eigenvalue weighted by molar-refractivity contribution is 7.80. The van der Waals surface area contributed by atoms with Crippen molar-refractivity contribution in [2.75, 3.05) is 6.54 Å². The molecule has 0 bridgehead atoms. The fourth-order valence-corrected chi connectivity index (χ4v) is 2.01. The Morgan fingerprint density at radius 3 is 2.44 bits per heavy atom. The molecule has 0 atom stereocenters. The summed E-state index contributed by atoms with van der Waals surface area (Å²) in [4.78, 5) is 23.7. The maximum absolute atomic E-state index is 12.3. The summed E-state index contributed by atoms with van der Waals surface area (Å²) >= 11 is 4.98. The second-order valence-electron chi connectivity index (χ2n) is 5.93. The number of para-hydroxylation sites is 1. The van der Waals surface area contributed by atoms with Gasteiger partial charge >= 0.3 is 6.61 Å². The van der Waals surface area contributed by atoms with Crippen LogP contribution in [0, 0.1) is 0 Å². The molecule has 4 N–H and O–H groups in total. The van der Waals surface area contributed by atoms with E-state index in [2.05, 4.69) is 26.2 Å². The summed E-state index contributed by atoms with van der Waals surface area (Å²) in [6, 6.07) is 5.49. The predicted molar refractivity (Wildman–Crippen MR) is 92.2 cm³/mol. The first-order valence-electron chi connectivity index (χ1n) is 7.27. The van der Waals surface area contributed by atoms with E-state index in [0.717, 1.165) is 0 Å². The Kier molecular flexibility index (Phi) is 7.49. The van der Waals surface area contributed by atoms with E-state index < -0.39 is 18.4 Å². The largest absolute Gasteiger partial charge is 0.434 e. The second-order valence-corrected chi connectivity index (χ2v) is 6.34. The number of nitrogens with one attached hydrogen (secondary N) is 4. The van der Waals surface area contributed by atoms with Crippen LogP contribution in [0.1, 0.15) is 31.1 Å². The second kappa shape index (κ2) is 9.11. The molecule has 0 heterocycles. The van der Waals surface area contributed by atoms with Gasteiger partial charge in [0.25, 0.3) is 11.8 Å². The smallest absolute Gasteiger partial charge is 0.387 e. The number of alkyl halides is 2. The van der Waals surface area contributed by atoms with Crippen LogP contribution < -0.4 is 26.2 Å². The number of carbonyl (C=O) groups is 2. The van der Waals surface area contributed by atoms with Crippen molar-refractivity contribution in [2.24, 2.45) is 0 Å². The van der Waals surface area contributed by atoms with E-state index in [1.807, 2.05) is 20.8 Å². The van der Waals surface area contributed by atoms with Gasteiger partial charge < -0.3 is 15.4 Å². The zero-order chi connectivity index (χ0) is 19.0. The third-order valence-corrected chi connectivity index (χ3v) is 2.77. The Hall–Kier alpha value is -2.49. The first-order chi connectivity index (χ1) is 11.6. The molecule has 10 heteroatoms. The summed E-state index contributed by atoms with van der Waals surface area (Å²) in [6.45, 7) is 2.23. The van der Waals surface area contributed by atoms with E-state index in [-0.39, 0.29) is 28.5 Å². The van der Waals surface area contributed by atoms with Crippen LogP contribution in [0.3, 0.4) is 0 Å². The molecule has 138 valence electrons. The molecule has 0 aliphatic rings. The Bertz CT molecular complexity index is 635. The summed E-state index contributed by atoms with van der Waals surface area (Å²) in [5.41, 5.74) is 4.40. The molecule has 0 unspecified atom stereocenters. The highest BCUT2D eigenvalue weighted by atomic mass is 32.1. The van der Waals surface area contributed by atoms with E-state index in [9.17, 15) is 18.4 Å². The van der Waals surface area contributed by atoms with Crippen LogP contribution in [0.15, 0.2) is 24.3 Å². The number of carbonyl (C=O) groups excluding carboxylic acids is 2. The summed E-state index contributed by atoms with van der Waals surface area (Å²) in [5.74, 6) is -1.57. The molecule has 1 rings (SSSR count). The van der Waals surface area contributed by atoms with Crippen molar-refractivity contribution in [3.05, 3.63) is 29.8 Å². The fraction of sp³-hybridized carbons (Fsp3) is 0.400. The zero-order valence-corrected chi connectivity index (χ0v) is 14.8. The van der Waals surface area contributed by atoms with Crippen molar-refractivity contribution in [2.45, 2.75) is 32.9 Å². The molecule has 0 fully saturated rings. The van der Waals surface area contributed by atoms with Crippen LogP contribution in [-0.4, -0.2) is 35.6 Å². The third-order valence-electron chi connectivity index (χ3n) is 2.56. The molecule has 25 heavy (non-hydrogen) atoms. The minimum atomic E-state index is -3.06. The molecular weight excluding hydrogens is 354 g/mol. The topological polar surface area (TPSA) is 91.5 Å². The molecule has 0 radical (unpaired) electrons. The van der Waals surface area contributed by atoms with Crippen LogP contribution in [0.2, 0.25) is 0 Å². The highest BCUT2D eigenvalue weighted by Gasteiger charge is 2.16. The number of thiocarbonyl (C=S) groups is 1. The van der Waals surface area contributed by atoms with E-state index >= 15 is 0 Å². The number of hydrazine groups is 1. The summed E-state index contributed by atoms with van der Waals surface area (Å²) in [5, 5.41) is 5.44. The molecule has 0 saturated carbocycles. The maximum Gasteiger partial charge on any atom is 0.387 e. The Morgan fingerprint density at radius 2 is 1.84 bits per heavy atom. The lowest BCUT2D eigenvalue weighted by Gasteiger charge is -2.23. The van der Waals surface area contributed by atoms with Crippen molar-refractivity contribution in [1.29, 1.82) is 0 Å². The molecular formula is C15H20F2N4O3S. The van der Waals surface area contributed by atoms with Gasteiger partial charge in [-0.25, -0.2) is 0 Å². The zero-order valence-electron chi connectivity index (χ0n) is 14.0. The molecule has 1 aromatic rings. The van der Waals surface area contributed by atoms with Gasteiger partial charge in [0.05, 0.1) is 12.1 Å².